The van der Waals surface area contributed by atoms with Gasteiger partial charge in [-0.2, -0.15) is 0 Å². The van der Waals surface area contributed by atoms with Gasteiger partial charge in [-0.1, -0.05) is 11.6 Å². The molecule has 1 aliphatic rings. The molecule has 0 aliphatic carbocycles. The zero-order chi connectivity index (χ0) is 15.0. The number of halogens is 1. The molecule has 0 bridgehead atoms. The van der Waals surface area contributed by atoms with Crippen LogP contribution in [0.4, 0.5) is 0 Å². The molecule has 0 radical (unpaired) electrons. The van der Waals surface area contributed by atoms with Crippen LogP contribution >= 0.6 is 11.6 Å². The smallest absolute Gasteiger partial charge is 0.307 e. The summed E-state index contributed by atoms with van der Waals surface area (Å²) >= 11 is 6.00. The minimum absolute atomic E-state index is 0.261. The van der Waals surface area contributed by atoms with Crippen LogP contribution in [0.2, 0.25) is 5.02 Å². The summed E-state index contributed by atoms with van der Waals surface area (Å²) in [6.45, 7) is 2.19. The first-order valence-corrected chi connectivity index (χ1v) is 7.48. The lowest BCUT2D eigenvalue weighted by Crippen LogP contribution is -2.38. The Labute approximate surface area is 128 Å². The van der Waals surface area contributed by atoms with E-state index in [1.54, 1.807) is 0 Å². The molecular weight excluding hydrogens is 290 g/mol. The second-order valence-electron chi connectivity index (χ2n) is 5.63. The Morgan fingerprint density at radius 3 is 3.10 bits per heavy atom. The number of carboxylic acids is 1. The van der Waals surface area contributed by atoms with Gasteiger partial charge >= 0.3 is 5.97 Å². The highest BCUT2D eigenvalue weighted by Crippen LogP contribution is 2.22. The molecule has 1 saturated heterocycles. The van der Waals surface area contributed by atoms with Crippen molar-refractivity contribution in [2.24, 2.45) is 13.0 Å². The second kappa shape index (κ2) is 5.66. The summed E-state index contributed by atoms with van der Waals surface area (Å²) < 4.78 is 2.05. The van der Waals surface area contributed by atoms with Gasteiger partial charge in [0.2, 0.25) is 0 Å². The lowest BCUT2D eigenvalue weighted by Gasteiger charge is -2.30. The molecule has 1 N–H and O–H groups in total. The number of piperidine rings is 1. The van der Waals surface area contributed by atoms with Crippen LogP contribution in [0, 0.1) is 5.92 Å². The third kappa shape index (κ3) is 2.89. The van der Waals surface area contributed by atoms with Crippen LogP contribution in [0.25, 0.3) is 11.0 Å². The number of imidazole rings is 1. The number of benzene rings is 1. The molecule has 1 aromatic heterocycles. The third-order valence-corrected chi connectivity index (χ3v) is 4.39. The second-order valence-corrected chi connectivity index (χ2v) is 6.07. The quantitative estimate of drug-likeness (QED) is 0.946. The van der Waals surface area contributed by atoms with Crippen molar-refractivity contribution in [3.63, 3.8) is 0 Å². The van der Waals surface area contributed by atoms with Crippen LogP contribution in [0.15, 0.2) is 18.2 Å². The fourth-order valence-electron chi connectivity index (χ4n) is 2.96. The molecule has 1 unspecified atom stereocenters. The predicted molar refractivity (Wildman–Crippen MR) is 81.4 cm³/mol. The van der Waals surface area contributed by atoms with Gasteiger partial charge in [0.05, 0.1) is 23.5 Å². The standard InChI is InChI=1S/C15H18ClN3O2/c1-18-13-5-4-11(16)7-12(13)17-14(18)9-19-6-2-3-10(8-19)15(20)21/h4-5,7,10H,2-3,6,8-9H2,1H3,(H,20,21). The number of rotatable bonds is 3. The highest BCUT2D eigenvalue weighted by molar-refractivity contribution is 6.31. The molecule has 0 amide bonds. The van der Waals surface area contributed by atoms with Crippen molar-refractivity contribution in [3.8, 4) is 0 Å². The van der Waals surface area contributed by atoms with Crippen LogP contribution in [0.5, 0.6) is 0 Å². The molecule has 112 valence electrons. The average Bonchev–Trinajstić information content (AvgIpc) is 2.75. The summed E-state index contributed by atoms with van der Waals surface area (Å²) in [5, 5.41) is 9.84. The monoisotopic (exact) mass is 307 g/mol. The first-order valence-electron chi connectivity index (χ1n) is 7.10. The van der Waals surface area contributed by atoms with Crippen molar-refractivity contribution in [2.45, 2.75) is 19.4 Å². The predicted octanol–water partition coefficient (Wildman–Crippen LogP) is 2.52. The van der Waals surface area contributed by atoms with E-state index in [4.69, 9.17) is 16.7 Å². The first kappa shape index (κ1) is 14.4. The number of carboxylic acid groups (broad SMARTS) is 1. The Bertz CT molecular complexity index is 683. The minimum atomic E-state index is -0.698. The van der Waals surface area contributed by atoms with E-state index in [1.807, 2.05) is 25.2 Å². The van der Waals surface area contributed by atoms with Crippen molar-refractivity contribution < 1.29 is 9.90 Å². The van der Waals surface area contributed by atoms with Gasteiger partial charge in [-0.25, -0.2) is 4.98 Å². The Kier molecular flexibility index (Phi) is 3.87. The van der Waals surface area contributed by atoms with Crippen molar-refractivity contribution >= 4 is 28.6 Å². The lowest BCUT2D eigenvalue weighted by atomic mass is 9.98. The molecule has 1 aromatic carbocycles. The van der Waals surface area contributed by atoms with E-state index in [0.29, 0.717) is 18.1 Å². The molecule has 21 heavy (non-hydrogen) atoms. The third-order valence-electron chi connectivity index (χ3n) is 4.16. The Hall–Kier alpha value is -1.59. The molecule has 6 heteroatoms. The van der Waals surface area contributed by atoms with Crippen LogP contribution in [-0.4, -0.2) is 38.6 Å². The average molecular weight is 308 g/mol. The van der Waals surface area contributed by atoms with Gasteiger partial charge in [-0.3, -0.25) is 9.69 Å². The Morgan fingerprint density at radius 2 is 2.33 bits per heavy atom. The number of fused-ring (bicyclic) bond motifs is 1. The van der Waals surface area contributed by atoms with E-state index >= 15 is 0 Å². The summed E-state index contributed by atoms with van der Waals surface area (Å²) in [6, 6.07) is 5.68. The Morgan fingerprint density at radius 1 is 1.52 bits per heavy atom. The lowest BCUT2D eigenvalue weighted by molar-refractivity contribution is -0.143. The maximum absolute atomic E-state index is 11.1. The van der Waals surface area contributed by atoms with Crippen LogP contribution in [0.3, 0.4) is 0 Å². The molecule has 3 rings (SSSR count). The zero-order valence-electron chi connectivity index (χ0n) is 11.9. The van der Waals surface area contributed by atoms with Crippen molar-refractivity contribution in [1.82, 2.24) is 14.5 Å². The summed E-state index contributed by atoms with van der Waals surface area (Å²) in [4.78, 5) is 17.9. The van der Waals surface area contributed by atoms with Crippen LogP contribution in [-0.2, 0) is 18.4 Å². The van der Waals surface area contributed by atoms with Gasteiger partial charge in [0.25, 0.3) is 0 Å². The topological polar surface area (TPSA) is 58.4 Å². The minimum Gasteiger partial charge on any atom is -0.481 e. The molecule has 2 aromatic rings. The van der Waals surface area contributed by atoms with E-state index in [1.165, 1.54) is 0 Å². The van der Waals surface area contributed by atoms with Crippen molar-refractivity contribution in [3.05, 3.63) is 29.0 Å². The zero-order valence-corrected chi connectivity index (χ0v) is 12.7. The van der Waals surface area contributed by atoms with E-state index in [-0.39, 0.29) is 5.92 Å². The molecule has 0 saturated carbocycles. The Balaban J connectivity index is 1.81. The summed E-state index contributed by atoms with van der Waals surface area (Å²) in [7, 11) is 1.98. The summed E-state index contributed by atoms with van der Waals surface area (Å²) in [5.74, 6) is -0.0160. The number of hydrogen-bond acceptors (Lipinski definition) is 3. The number of aryl methyl sites for hydroxylation is 1. The van der Waals surface area contributed by atoms with E-state index in [2.05, 4.69) is 14.5 Å². The fraction of sp³-hybridized carbons (Fsp3) is 0.467. The van der Waals surface area contributed by atoms with Gasteiger partial charge in [0.1, 0.15) is 5.82 Å². The maximum Gasteiger partial charge on any atom is 0.307 e. The number of carbonyl (C=O) groups is 1. The number of aromatic nitrogens is 2. The molecule has 1 aliphatic heterocycles. The number of aliphatic carboxylic acids is 1. The number of hydrogen-bond donors (Lipinski definition) is 1. The van der Waals surface area contributed by atoms with Crippen LogP contribution < -0.4 is 0 Å². The van der Waals surface area contributed by atoms with Crippen molar-refractivity contribution in [1.29, 1.82) is 0 Å². The molecular formula is C15H18ClN3O2. The highest BCUT2D eigenvalue weighted by Gasteiger charge is 2.26. The van der Waals surface area contributed by atoms with E-state index in [0.717, 1.165) is 36.2 Å². The normalized spacial score (nSPS) is 20.0. The molecule has 2 heterocycles. The van der Waals surface area contributed by atoms with Crippen LogP contribution in [0.1, 0.15) is 18.7 Å². The summed E-state index contributed by atoms with van der Waals surface area (Å²) in [5.41, 5.74) is 1.92. The first-order chi connectivity index (χ1) is 10.0. The van der Waals surface area contributed by atoms with E-state index in [9.17, 15) is 4.79 Å². The van der Waals surface area contributed by atoms with E-state index < -0.39 is 5.97 Å². The SMILES string of the molecule is Cn1c(CN2CCCC(C(=O)O)C2)nc2cc(Cl)ccc21. The van der Waals surface area contributed by atoms with Gasteiger partial charge in [0, 0.05) is 18.6 Å². The fourth-order valence-corrected chi connectivity index (χ4v) is 3.13. The molecule has 1 fully saturated rings. The van der Waals surface area contributed by atoms with Gasteiger partial charge < -0.3 is 9.67 Å². The van der Waals surface area contributed by atoms with Crippen molar-refractivity contribution in [2.75, 3.05) is 13.1 Å². The molecule has 5 nitrogen and oxygen atoms in total. The maximum atomic E-state index is 11.1. The molecule has 1 atom stereocenters. The van der Waals surface area contributed by atoms with Gasteiger partial charge in [-0.05, 0) is 37.6 Å². The number of likely N-dealkylation sites (tertiary alicyclic amines) is 1. The van der Waals surface area contributed by atoms with Gasteiger partial charge in [0.15, 0.2) is 0 Å². The molecule has 0 spiro atoms. The summed E-state index contributed by atoms with van der Waals surface area (Å²) in [6.07, 6.45) is 1.69. The largest absolute Gasteiger partial charge is 0.481 e. The highest BCUT2D eigenvalue weighted by atomic mass is 35.5. The van der Waals surface area contributed by atoms with Gasteiger partial charge in [-0.15, -0.1) is 0 Å². The number of nitrogens with zero attached hydrogens (tertiary/aromatic N) is 3.